The summed E-state index contributed by atoms with van der Waals surface area (Å²) >= 11 is 0. The van der Waals surface area contributed by atoms with Gasteiger partial charge in [0.2, 0.25) is 6.43 Å². The quantitative estimate of drug-likeness (QED) is 0.362. The Morgan fingerprint density at radius 3 is 1.29 bits per heavy atom. The van der Waals surface area contributed by atoms with Gasteiger partial charge < -0.3 is 9.05 Å². The Balaban J connectivity index is -0.0000000364. The van der Waals surface area contributed by atoms with Crippen LogP contribution in [0.5, 0.6) is 0 Å². The molecule has 0 N–H and O–H groups in total. The van der Waals surface area contributed by atoms with Crippen molar-refractivity contribution in [2.75, 3.05) is 34.6 Å². The lowest BCUT2D eigenvalue weighted by Crippen LogP contribution is -2.03. The predicted octanol–water partition coefficient (Wildman–Crippen LogP) is 6.62. The minimum atomic E-state index is -3.49. The second-order valence-corrected chi connectivity index (χ2v) is 5.97. The van der Waals surface area contributed by atoms with E-state index in [1.165, 1.54) is 14.2 Å². The summed E-state index contributed by atoms with van der Waals surface area (Å²) in [5.41, 5.74) is 0. The molecule has 0 fully saturated rings. The van der Waals surface area contributed by atoms with Gasteiger partial charge in [0, 0.05) is 18.8 Å². The second kappa shape index (κ2) is 27.5. The molecule has 6 nitrogen and oxygen atoms in total. The third-order valence-electron chi connectivity index (χ3n) is 1.22. The molecular weight excluding hydrogens is 378 g/mol. The smallest absolute Gasteiger partial charge is 0.312 e. The third kappa shape index (κ3) is 43.0. The zero-order valence-corrected chi connectivity index (χ0v) is 13.1. The van der Waals surface area contributed by atoms with Crippen LogP contribution in [-0.2, 0) is 27.2 Å². The Labute approximate surface area is 145 Å². The zero-order valence-electron chi connectivity index (χ0n) is 11.3. The molecule has 0 aromatic heterocycles. The van der Waals surface area contributed by atoms with Crippen LogP contribution in [0, 0.1) is 0 Å². The highest BCUT2D eigenvalue weighted by Crippen LogP contribution is 2.47. The van der Waals surface area contributed by atoms with Crippen LogP contribution in [0.1, 0.15) is 29.7 Å². The zero-order chi connectivity index (χ0) is 16.8. The van der Waals surface area contributed by atoms with Crippen LogP contribution in [0.15, 0.2) is 12.7 Å². The van der Waals surface area contributed by atoms with Gasteiger partial charge in [0.1, 0.15) is 6.16 Å². The first-order valence-corrected chi connectivity index (χ1v) is 7.44. The van der Waals surface area contributed by atoms with E-state index in [4.69, 9.17) is 0 Å². The van der Waals surface area contributed by atoms with E-state index < -0.39 is 34.5 Å². The first-order chi connectivity index (χ1) is 9.08. The van der Waals surface area contributed by atoms with Gasteiger partial charge in [-0.25, -0.2) is 8.78 Å². The molecule has 0 amide bonds. The summed E-state index contributed by atoms with van der Waals surface area (Å²) in [7, 11) is -0.518. The van der Waals surface area contributed by atoms with Crippen molar-refractivity contribution < 1.29 is 44.8 Å². The summed E-state index contributed by atoms with van der Waals surface area (Å²) in [5.74, 6) is 0. The molecular formula is C12H33F4O6P2+. The SMILES string of the molecule is C.C.C.C.C=C(F)F.COP(=O)(CC(F)F)OC.CO[P+](=O)OC. The number of hydrogen-bond acceptors (Lipinski definition) is 6. The minimum absolute atomic E-state index is 0. The Hall–Kier alpha value is -0.370. The summed E-state index contributed by atoms with van der Waals surface area (Å²) in [6.45, 7) is 2.22. The van der Waals surface area contributed by atoms with Gasteiger partial charge in [0.05, 0.1) is 14.2 Å². The molecule has 0 bridgehead atoms. The molecule has 0 saturated heterocycles. The molecule has 0 aromatic carbocycles. The maximum absolute atomic E-state index is 11.6. The average Bonchev–Trinajstić information content (AvgIpc) is 2.37. The fraction of sp³-hybridized carbons (Fsp3) is 0.833. The molecule has 0 unspecified atom stereocenters. The summed E-state index contributed by atoms with van der Waals surface area (Å²) in [6, 6.07) is 0. The van der Waals surface area contributed by atoms with E-state index in [0.717, 1.165) is 14.2 Å². The fourth-order valence-electron chi connectivity index (χ4n) is 0.467. The molecule has 0 saturated carbocycles. The van der Waals surface area contributed by atoms with Crippen LogP contribution in [0.4, 0.5) is 17.6 Å². The normalized spacial score (nSPS) is 8.38. The van der Waals surface area contributed by atoms with Gasteiger partial charge in [0.15, 0.2) is 0 Å². The molecule has 0 aromatic rings. The van der Waals surface area contributed by atoms with Crippen molar-refractivity contribution in [3.8, 4) is 0 Å². The van der Waals surface area contributed by atoms with E-state index >= 15 is 0 Å². The first kappa shape index (κ1) is 43.8. The predicted molar refractivity (Wildman–Crippen MR) is 92.4 cm³/mol. The maximum Gasteiger partial charge on any atom is 0.696 e. The summed E-state index contributed by atoms with van der Waals surface area (Å²) in [4.78, 5) is 0. The lowest BCUT2D eigenvalue weighted by molar-refractivity contribution is 0.159. The van der Waals surface area contributed by atoms with E-state index in [-0.39, 0.29) is 29.7 Å². The maximum atomic E-state index is 11.6. The highest BCUT2D eigenvalue weighted by atomic mass is 31.2. The van der Waals surface area contributed by atoms with Crippen LogP contribution < -0.4 is 0 Å². The third-order valence-corrected chi connectivity index (χ3v) is 3.65. The van der Waals surface area contributed by atoms with Gasteiger partial charge in [0.25, 0.3) is 6.08 Å². The van der Waals surface area contributed by atoms with Crippen molar-refractivity contribution in [1.82, 2.24) is 0 Å². The van der Waals surface area contributed by atoms with Crippen molar-refractivity contribution in [2.45, 2.75) is 36.1 Å². The van der Waals surface area contributed by atoms with Gasteiger partial charge in [-0.2, -0.15) is 8.78 Å². The fourth-order valence-corrected chi connectivity index (χ4v) is 1.40. The van der Waals surface area contributed by atoms with Crippen molar-refractivity contribution >= 4 is 15.9 Å². The monoisotopic (exact) mass is 411 g/mol. The molecule has 0 heterocycles. The Kier molecular flexibility index (Phi) is 50.1. The molecule has 0 aliphatic heterocycles. The van der Waals surface area contributed by atoms with Gasteiger partial charge in [-0.05, 0) is 6.58 Å². The van der Waals surface area contributed by atoms with Crippen LogP contribution in [0.2, 0.25) is 0 Å². The van der Waals surface area contributed by atoms with Crippen LogP contribution in [-0.4, -0.2) is 41.0 Å². The lowest BCUT2D eigenvalue weighted by atomic mass is 10.9. The molecule has 0 aliphatic rings. The Morgan fingerprint density at radius 2 is 1.25 bits per heavy atom. The molecule has 0 radical (unpaired) electrons. The lowest BCUT2D eigenvalue weighted by Gasteiger charge is -2.11. The standard InChI is InChI=1S/C4H9F2O3P.C2H2F2.C2H6O3P.4CH4/c1-8-10(7,9-2)3-4(5)6;1-2(3)4;1-4-6(3)5-2;;;;/h4H,3H2,1-2H3;1H2;1-2H3;4*1H4/q;;+1;;;;. The molecule has 24 heavy (non-hydrogen) atoms. The first-order valence-electron chi connectivity index (χ1n) is 4.62. The van der Waals surface area contributed by atoms with Crippen molar-refractivity contribution in [2.24, 2.45) is 0 Å². The van der Waals surface area contributed by atoms with Crippen molar-refractivity contribution in [3.63, 3.8) is 0 Å². The van der Waals surface area contributed by atoms with Gasteiger partial charge >= 0.3 is 15.9 Å². The van der Waals surface area contributed by atoms with E-state index in [1.54, 1.807) is 0 Å². The van der Waals surface area contributed by atoms with Crippen LogP contribution in [0.3, 0.4) is 0 Å². The van der Waals surface area contributed by atoms with Gasteiger partial charge in [-0.15, -0.1) is 9.05 Å². The van der Waals surface area contributed by atoms with Crippen LogP contribution in [0.25, 0.3) is 0 Å². The summed E-state index contributed by atoms with van der Waals surface area (Å²) in [6.07, 6.45) is -5.34. The average molecular weight is 411 g/mol. The number of hydrogen-bond donors (Lipinski definition) is 0. The molecule has 12 heteroatoms. The van der Waals surface area contributed by atoms with Crippen molar-refractivity contribution in [1.29, 1.82) is 0 Å². The van der Waals surface area contributed by atoms with Gasteiger partial charge in [-0.3, -0.25) is 4.57 Å². The number of halogens is 4. The van der Waals surface area contributed by atoms with E-state index in [1.807, 2.05) is 0 Å². The van der Waals surface area contributed by atoms with Crippen molar-refractivity contribution in [3.05, 3.63) is 12.7 Å². The second-order valence-electron chi connectivity index (χ2n) is 2.48. The van der Waals surface area contributed by atoms with Crippen LogP contribution >= 0.6 is 15.9 Å². The number of rotatable bonds is 6. The van der Waals surface area contributed by atoms with E-state index in [0.29, 0.717) is 0 Å². The highest BCUT2D eigenvalue weighted by Gasteiger charge is 2.26. The molecule has 0 rings (SSSR count). The summed E-state index contributed by atoms with van der Waals surface area (Å²) < 4.78 is 81.0. The molecule has 0 atom stereocenters. The highest BCUT2D eigenvalue weighted by molar-refractivity contribution is 7.53. The van der Waals surface area contributed by atoms with E-state index in [2.05, 4.69) is 24.7 Å². The minimum Gasteiger partial charge on any atom is -0.312 e. The molecule has 154 valence electrons. The Bertz CT molecular complexity index is 302. The number of alkyl halides is 2. The Morgan fingerprint density at radius 1 is 1.00 bits per heavy atom. The van der Waals surface area contributed by atoms with E-state index in [9.17, 15) is 26.7 Å². The molecule has 0 spiro atoms. The topological polar surface area (TPSA) is 71.1 Å². The largest absolute Gasteiger partial charge is 0.696 e. The summed E-state index contributed by atoms with van der Waals surface area (Å²) in [5, 5.41) is 0. The molecule has 0 aliphatic carbocycles. The van der Waals surface area contributed by atoms with Gasteiger partial charge in [-0.1, -0.05) is 29.7 Å².